The second kappa shape index (κ2) is 7.96. The number of hydrogen-bond acceptors (Lipinski definition) is 4. The van der Waals surface area contributed by atoms with E-state index >= 15 is 0 Å². The molecule has 0 unspecified atom stereocenters. The van der Waals surface area contributed by atoms with Crippen molar-refractivity contribution in [1.82, 2.24) is 10.5 Å². The highest BCUT2D eigenvalue weighted by molar-refractivity contribution is 5.93. The molecule has 0 fully saturated rings. The molecule has 0 radical (unpaired) electrons. The molecule has 1 amide bonds. The third kappa shape index (κ3) is 3.87. The smallest absolute Gasteiger partial charge is 0.273 e. The number of aromatic nitrogens is 1. The van der Waals surface area contributed by atoms with E-state index in [0.29, 0.717) is 12.3 Å². The van der Waals surface area contributed by atoms with E-state index in [1.54, 1.807) is 6.07 Å². The number of rotatable bonds is 6. The van der Waals surface area contributed by atoms with Crippen LogP contribution < -0.4 is 11.1 Å². The van der Waals surface area contributed by atoms with Gasteiger partial charge in [-0.1, -0.05) is 49.3 Å². The van der Waals surface area contributed by atoms with Crippen molar-refractivity contribution >= 4 is 18.3 Å². The summed E-state index contributed by atoms with van der Waals surface area (Å²) in [4.78, 5) is 12.3. The lowest BCUT2D eigenvalue weighted by molar-refractivity contribution is 0.0886. The molecule has 0 saturated heterocycles. The Labute approximate surface area is 136 Å². The first-order valence-corrected chi connectivity index (χ1v) is 7.19. The van der Waals surface area contributed by atoms with Gasteiger partial charge in [0.1, 0.15) is 0 Å². The van der Waals surface area contributed by atoms with Crippen LogP contribution in [0, 0.1) is 0 Å². The summed E-state index contributed by atoms with van der Waals surface area (Å²) in [7, 11) is 0. The van der Waals surface area contributed by atoms with Crippen LogP contribution in [0.3, 0.4) is 0 Å². The van der Waals surface area contributed by atoms with Crippen LogP contribution in [0.1, 0.15) is 37.2 Å². The lowest BCUT2D eigenvalue weighted by atomic mass is 9.93. The molecule has 120 valence electrons. The van der Waals surface area contributed by atoms with Crippen molar-refractivity contribution in [3.05, 3.63) is 42.1 Å². The molecular formula is C16H22ClN3O2. The molecule has 0 atom stereocenters. The Morgan fingerprint density at radius 3 is 2.45 bits per heavy atom. The number of hydrogen-bond donors (Lipinski definition) is 2. The van der Waals surface area contributed by atoms with Gasteiger partial charge in [-0.2, -0.15) is 0 Å². The van der Waals surface area contributed by atoms with Gasteiger partial charge >= 0.3 is 0 Å². The second-order valence-corrected chi connectivity index (χ2v) is 5.09. The minimum atomic E-state index is -0.386. The Balaban J connectivity index is 0.00000242. The van der Waals surface area contributed by atoms with Crippen LogP contribution in [-0.4, -0.2) is 23.1 Å². The van der Waals surface area contributed by atoms with E-state index in [1.165, 1.54) is 0 Å². The maximum Gasteiger partial charge on any atom is 0.273 e. The topological polar surface area (TPSA) is 81.1 Å². The van der Waals surface area contributed by atoms with Crippen LogP contribution in [0.25, 0.3) is 11.3 Å². The summed E-state index contributed by atoms with van der Waals surface area (Å²) in [6, 6.07) is 11.2. The lowest BCUT2D eigenvalue weighted by Crippen LogP contribution is -2.52. The summed E-state index contributed by atoms with van der Waals surface area (Å²) in [5.74, 6) is 0.321. The van der Waals surface area contributed by atoms with Crippen LogP contribution in [0.2, 0.25) is 0 Å². The third-order valence-electron chi connectivity index (χ3n) is 3.92. The minimum absolute atomic E-state index is 0. The quantitative estimate of drug-likeness (QED) is 0.856. The van der Waals surface area contributed by atoms with Gasteiger partial charge in [0.2, 0.25) is 0 Å². The van der Waals surface area contributed by atoms with Gasteiger partial charge in [-0.15, -0.1) is 12.4 Å². The van der Waals surface area contributed by atoms with Crippen LogP contribution in [0.5, 0.6) is 0 Å². The van der Waals surface area contributed by atoms with Gasteiger partial charge < -0.3 is 15.6 Å². The fraction of sp³-hybridized carbons (Fsp3) is 0.375. The monoisotopic (exact) mass is 323 g/mol. The first-order chi connectivity index (χ1) is 10.1. The highest BCUT2D eigenvalue weighted by Crippen LogP contribution is 2.20. The Morgan fingerprint density at radius 1 is 1.27 bits per heavy atom. The highest BCUT2D eigenvalue weighted by atomic mass is 35.5. The molecule has 2 aromatic rings. The first-order valence-electron chi connectivity index (χ1n) is 7.19. The van der Waals surface area contributed by atoms with Crippen molar-refractivity contribution < 1.29 is 9.32 Å². The Bertz CT molecular complexity index is 586. The summed E-state index contributed by atoms with van der Waals surface area (Å²) >= 11 is 0. The van der Waals surface area contributed by atoms with E-state index in [-0.39, 0.29) is 29.5 Å². The molecule has 0 aliphatic carbocycles. The zero-order valence-electron chi connectivity index (χ0n) is 12.8. The molecule has 3 N–H and O–H groups in total. The molecule has 0 bridgehead atoms. The largest absolute Gasteiger partial charge is 0.355 e. The highest BCUT2D eigenvalue weighted by Gasteiger charge is 2.28. The average molecular weight is 324 g/mol. The second-order valence-electron chi connectivity index (χ2n) is 5.09. The molecule has 0 aliphatic heterocycles. The fourth-order valence-corrected chi connectivity index (χ4v) is 2.19. The zero-order valence-corrected chi connectivity index (χ0v) is 13.7. The van der Waals surface area contributed by atoms with E-state index in [1.807, 2.05) is 44.2 Å². The summed E-state index contributed by atoms with van der Waals surface area (Å²) in [5, 5.41) is 6.83. The van der Waals surface area contributed by atoms with Gasteiger partial charge in [-0.3, -0.25) is 4.79 Å². The number of halogens is 1. The first kappa shape index (κ1) is 18.2. The SMILES string of the molecule is CCC(CC)(CN)NC(=O)c1cc(-c2ccccc2)on1.Cl. The number of carbonyl (C=O) groups excluding carboxylic acids is 1. The standard InChI is InChI=1S/C16H21N3O2.ClH/c1-3-16(4-2,11-17)18-15(20)13-10-14(21-19-13)12-8-6-5-7-9-12;/h5-10H,3-4,11,17H2,1-2H3,(H,18,20);1H. The zero-order chi connectivity index (χ0) is 15.3. The normalized spacial score (nSPS) is 10.9. The predicted octanol–water partition coefficient (Wildman–Crippen LogP) is 3.01. The van der Waals surface area contributed by atoms with Gasteiger partial charge in [0.15, 0.2) is 11.5 Å². The van der Waals surface area contributed by atoms with Crippen molar-refractivity contribution in [3.63, 3.8) is 0 Å². The Morgan fingerprint density at radius 2 is 1.91 bits per heavy atom. The molecule has 22 heavy (non-hydrogen) atoms. The van der Waals surface area contributed by atoms with E-state index in [2.05, 4.69) is 10.5 Å². The molecule has 1 aromatic carbocycles. The van der Waals surface area contributed by atoms with Crippen molar-refractivity contribution in [2.75, 3.05) is 6.54 Å². The van der Waals surface area contributed by atoms with Crippen LogP contribution >= 0.6 is 12.4 Å². The number of nitrogens with zero attached hydrogens (tertiary/aromatic N) is 1. The average Bonchev–Trinajstić information content (AvgIpc) is 3.04. The van der Waals surface area contributed by atoms with Gasteiger partial charge in [0.25, 0.3) is 5.91 Å². The summed E-state index contributed by atoms with van der Waals surface area (Å²) in [6.45, 7) is 4.42. The maximum absolute atomic E-state index is 12.3. The predicted molar refractivity (Wildman–Crippen MR) is 89.0 cm³/mol. The van der Waals surface area contributed by atoms with E-state index in [0.717, 1.165) is 18.4 Å². The summed E-state index contributed by atoms with van der Waals surface area (Å²) in [5.41, 5.74) is 6.57. The van der Waals surface area contributed by atoms with Crippen molar-refractivity contribution in [2.45, 2.75) is 32.2 Å². The molecule has 6 heteroatoms. The van der Waals surface area contributed by atoms with Crippen molar-refractivity contribution in [2.24, 2.45) is 5.73 Å². The van der Waals surface area contributed by atoms with Crippen molar-refractivity contribution in [1.29, 1.82) is 0 Å². The minimum Gasteiger partial charge on any atom is -0.355 e. The number of nitrogens with one attached hydrogen (secondary N) is 1. The van der Waals surface area contributed by atoms with Gasteiger partial charge in [-0.05, 0) is 12.8 Å². The molecule has 0 aliphatic rings. The third-order valence-corrected chi connectivity index (χ3v) is 3.92. The van der Waals surface area contributed by atoms with Crippen LogP contribution in [-0.2, 0) is 0 Å². The summed E-state index contributed by atoms with van der Waals surface area (Å²) in [6.07, 6.45) is 1.55. The molecule has 0 spiro atoms. The van der Waals surface area contributed by atoms with Gasteiger partial charge in [0, 0.05) is 18.2 Å². The maximum atomic E-state index is 12.3. The molecule has 0 saturated carbocycles. The number of amides is 1. The van der Waals surface area contributed by atoms with E-state index in [4.69, 9.17) is 10.3 Å². The van der Waals surface area contributed by atoms with Crippen LogP contribution in [0.4, 0.5) is 0 Å². The number of benzene rings is 1. The lowest BCUT2D eigenvalue weighted by Gasteiger charge is -2.30. The molecule has 1 aromatic heterocycles. The van der Waals surface area contributed by atoms with Crippen LogP contribution in [0.15, 0.2) is 40.9 Å². The number of carbonyl (C=O) groups is 1. The molecular weight excluding hydrogens is 302 g/mol. The van der Waals surface area contributed by atoms with E-state index in [9.17, 15) is 4.79 Å². The Hall–Kier alpha value is -1.85. The fourth-order valence-electron chi connectivity index (χ4n) is 2.19. The van der Waals surface area contributed by atoms with E-state index < -0.39 is 0 Å². The molecule has 1 heterocycles. The Kier molecular flexibility index (Phi) is 6.59. The number of nitrogens with two attached hydrogens (primary N) is 1. The molecule has 2 rings (SSSR count). The van der Waals surface area contributed by atoms with Gasteiger partial charge in [-0.25, -0.2) is 0 Å². The molecule has 5 nitrogen and oxygen atoms in total. The van der Waals surface area contributed by atoms with Crippen molar-refractivity contribution in [3.8, 4) is 11.3 Å². The summed E-state index contributed by atoms with van der Waals surface area (Å²) < 4.78 is 5.25. The van der Waals surface area contributed by atoms with Gasteiger partial charge in [0.05, 0.1) is 5.54 Å².